The van der Waals surface area contributed by atoms with Crippen molar-refractivity contribution in [3.05, 3.63) is 35.9 Å². The maximum Gasteiger partial charge on any atom is 0.240 e. The van der Waals surface area contributed by atoms with E-state index in [4.69, 9.17) is 4.74 Å². The van der Waals surface area contributed by atoms with Gasteiger partial charge in [-0.1, -0.05) is 30.3 Å². The normalized spacial score (nSPS) is 30.4. The third kappa shape index (κ3) is 3.00. The van der Waals surface area contributed by atoms with Gasteiger partial charge in [0.1, 0.15) is 6.10 Å². The second-order valence-corrected chi connectivity index (χ2v) is 6.39. The van der Waals surface area contributed by atoms with Crippen molar-refractivity contribution >= 4 is 17.7 Å². The van der Waals surface area contributed by atoms with Crippen LogP contribution >= 0.6 is 11.8 Å². The van der Waals surface area contributed by atoms with Gasteiger partial charge in [0.15, 0.2) is 0 Å². The zero-order valence-electron chi connectivity index (χ0n) is 11.6. The number of hydrogen-bond acceptors (Lipinski definition) is 4. The number of ether oxygens (including phenoxy) is 1. The Kier molecular flexibility index (Phi) is 4.29. The Labute approximate surface area is 123 Å². The molecule has 2 aliphatic rings. The number of carbonyl (C=O) groups excluding carboxylic acids is 1. The van der Waals surface area contributed by atoms with E-state index in [-0.39, 0.29) is 24.2 Å². The standard InChI is InChI=1S/C15H20N2O2S/c1-11-7-17(15(18)13-9-20-10-16-13)8-14(19-11)12-5-3-2-4-6-12/h2-6,11,13-14,16H,7-10H2,1H3/t11-,13-,14-/m1/s1. The van der Waals surface area contributed by atoms with Crippen molar-refractivity contribution < 1.29 is 9.53 Å². The number of benzene rings is 1. The highest BCUT2D eigenvalue weighted by molar-refractivity contribution is 7.99. The van der Waals surface area contributed by atoms with Gasteiger partial charge in [-0.25, -0.2) is 0 Å². The number of morpholine rings is 1. The van der Waals surface area contributed by atoms with Gasteiger partial charge in [0.25, 0.3) is 0 Å². The highest BCUT2D eigenvalue weighted by atomic mass is 32.2. The van der Waals surface area contributed by atoms with E-state index in [2.05, 4.69) is 17.4 Å². The van der Waals surface area contributed by atoms with E-state index >= 15 is 0 Å². The number of hydrogen-bond donors (Lipinski definition) is 1. The number of rotatable bonds is 2. The Balaban J connectivity index is 1.71. The summed E-state index contributed by atoms with van der Waals surface area (Å²) >= 11 is 1.78. The molecule has 0 bridgehead atoms. The van der Waals surface area contributed by atoms with E-state index in [0.717, 1.165) is 17.2 Å². The summed E-state index contributed by atoms with van der Waals surface area (Å²) in [6.45, 7) is 3.37. The van der Waals surface area contributed by atoms with E-state index in [1.54, 1.807) is 11.8 Å². The Morgan fingerprint density at radius 2 is 2.15 bits per heavy atom. The van der Waals surface area contributed by atoms with Crippen LogP contribution in [0.4, 0.5) is 0 Å². The second-order valence-electron chi connectivity index (χ2n) is 5.36. The summed E-state index contributed by atoms with van der Waals surface area (Å²) in [6, 6.07) is 10.1. The molecule has 1 N–H and O–H groups in total. The number of nitrogens with zero attached hydrogens (tertiary/aromatic N) is 1. The minimum Gasteiger partial charge on any atom is -0.367 e. The van der Waals surface area contributed by atoms with Crippen LogP contribution in [0.15, 0.2) is 30.3 Å². The van der Waals surface area contributed by atoms with Gasteiger partial charge in [-0.3, -0.25) is 10.1 Å². The lowest BCUT2D eigenvalue weighted by Crippen LogP contribution is -2.52. The van der Waals surface area contributed by atoms with Crippen LogP contribution in [0.1, 0.15) is 18.6 Å². The molecule has 0 unspecified atom stereocenters. The summed E-state index contributed by atoms with van der Waals surface area (Å²) in [5.41, 5.74) is 1.14. The molecule has 2 heterocycles. The minimum atomic E-state index is -0.0262. The summed E-state index contributed by atoms with van der Waals surface area (Å²) in [6.07, 6.45) is 0.0601. The summed E-state index contributed by atoms with van der Waals surface area (Å²) in [7, 11) is 0. The van der Waals surface area contributed by atoms with E-state index < -0.39 is 0 Å². The molecule has 1 aromatic rings. The predicted octanol–water partition coefficient (Wildman–Crippen LogP) is 1.64. The zero-order chi connectivity index (χ0) is 13.9. The predicted molar refractivity (Wildman–Crippen MR) is 80.6 cm³/mol. The highest BCUT2D eigenvalue weighted by Crippen LogP contribution is 2.26. The average molecular weight is 292 g/mol. The Bertz CT molecular complexity index is 462. The van der Waals surface area contributed by atoms with Gasteiger partial charge in [-0.2, -0.15) is 0 Å². The molecule has 108 valence electrons. The van der Waals surface area contributed by atoms with Crippen LogP contribution in [-0.4, -0.2) is 47.7 Å². The first-order valence-corrected chi connectivity index (χ1v) is 8.20. The Morgan fingerprint density at radius 1 is 1.35 bits per heavy atom. The quantitative estimate of drug-likeness (QED) is 0.900. The molecule has 3 atom stereocenters. The fraction of sp³-hybridized carbons (Fsp3) is 0.533. The van der Waals surface area contributed by atoms with Gasteiger partial charge >= 0.3 is 0 Å². The van der Waals surface area contributed by atoms with Gasteiger partial charge in [0, 0.05) is 18.2 Å². The lowest BCUT2D eigenvalue weighted by Gasteiger charge is -2.38. The first-order valence-electron chi connectivity index (χ1n) is 7.04. The molecule has 5 heteroatoms. The Morgan fingerprint density at radius 3 is 2.85 bits per heavy atom. The van der Waals surface area contributed by atoms with Crippen molar-refractivity contribution in [1.82, 2.24) is 10.2 Å². The number of nitrogens with one attached hydrogen (secondary N) is 1. The van der Waals surface area contributed by atoms with E-state index in [9.17, 15) is 4.79 Å². The summed E-state index contributed by atoms with van der Waals surface area (Å²) in [5.74, 6) is 1.96. The zero-order valence-corrected chi connectivity index (χ0v) is 12.4. The lowest BCUT2D eigenvalue weighted by molar-refractivity contribution is -0.146. The van der Waals surface area contributed by atoms with Crippen LogP contribution in [0.5, 0.6) is 0 Å². The minimum absolute atomic E-state index is 0.0158. The van der Waals surface area contributed by atoms with Crippen molar-refractivity contribution in [2.45, 2.75) is 25.2 Å². The van der Waals surface area contributed by atoms with Gasteiger partial charge in [-0.15, -0.1) is 11.8 Å². The van der Waals surface area contributed by atoms with E-state index in [1.807, 2.05) is 30.0 Å². The fourth-order valence-electron chi connectivity index (χ4n) is 2.76. The molecule has 1 amide bonds. The molecule has 2 fully saturated rings. The molecule has 0 radical (unpaired) electrons. The lowest BCUT2D eigenvalue weighted by atomic mass is 10.1. The van der Waals surface area contributed by atoms with Crippen LogP contribution in [0.3, 0.4) is 0 Å². The number of amides is 1. The molecule has 3 rings (SSSR count). The van der Waals surface area contributed by atoms with E-state index in [0.29, 0.717) is 13.1 Å². The molecular formula is C15H20N2O2S. The van der Waals surface area contributed by atoms with Crippen molar-refractivity contribution in [1.29, 1.82) is 0 Å². The van der Waals surface area contributed by atoms with Crippen LogP contribution < -0.4 is 5.32 Å². The Hall–Kier alpha value is -1.04. The molecule has 0 spiro atoms. The molecule has 20 heavy (non-hydrogen) atoms. The van der Waals surface area contributed by atoms with Crippen molar-refractivity contribution in [3.63, 3.8) is 0 Å². The fourth-order valence-corrected chi connectivity index (χ4v) is 3.69. The van der Waals surface area contributed by atoms with Crippen LogP contribution in [0.25, 0.3) is 0 Å². The highest BCUT2D eigenvalue weighted by Gasteiger charge is 2.33. The maximum atomic E-state index is 12.5. The van der Waals surface area contributed by atoms with Gasteiger partial charge in [0.2, 0.25) is 5.91 Å². The third-order valence-corrected chi connectivity index (χ3v) is 4.70. The number of thioether (sulfide) groups is 1. The SMILES string of the molecule is C[C@@H]1CN(C(=O)[C@H]2CSCN2)C[C@H](c2ccccc2)O1. The first-order chi connectivity index (χ1) is 9.74. The smallest absolute Gasteiger partial charge is 0.240 e. The van der Waals surface area contributed by atoms with E-state index in [1.165, 1.54) is 0 Å². The summed E-state index contributed by atoms with van der Waals surface area (Å²) in [5, 5.41) is 3.25. The van der Waals surface area contributed by atoms with Crippen molar-refractivity contribution in [2.75, 3.05) is 24.7 Å². The third-order valence-electron chi connectivity index (χ3n) is 3.76. The summed E-state index contributed by atoms with van der Waals surface area (Å²) in [4.78, 5) is 14.5. The molecule has 2 saturated heterocycles. The molecule has 1 aromatic carbocycles. The number of carbonyl (C=O) groups is 1. The average Bonchev–Trinajstić information content (AvgIpc) is 3.01. The van der Waals surface area contributed by atoms with Crippen LogP contribution in [0, 0.1) is 0 Å². The molecule has 2 aliphatic heterocycles. The van der Waals surface area contributed by atoms with Gasteiger partial charge in [0.05, 0.1) is 18.7 Å². The molecule has 0 aliphatic carbocycles. The molecule has 4 nitrogen and oxygen atoms in total. The van der Waals surface area contributed by atoms with Crippen molar-refractivity contribution in [3.8, 4) is 0 Å². The molecule has 0 saturated carbocycles. The molecular weight excluding hydrogens is 272 g/mol. The topological polar surface area (TPSA) is 41.6 Å². The second kappa shape index (κ2) is 6.16. The van der Waals surface area contributed by atoms with Gasteiger partial charge in [-0.05, 0) is 12.5 Å². The monoisotopic (exact) mass is 292 g/mol. The largest absolute Gasteiger partial charge is 0.367 e. The van der Waals surface area contributed by atoms with Crippen LogP contribution in [-0.2, 0) is 9.53 Å². The van der Waals surface area contributed by atoms with Crippen LogP contribution in [0.2, 0.25) is 0 Å². The maximum absolute atomic E-state index is 12.5. The first kappa shape index (κ1) is 13.9. The van der Waals surface area contributed by atoms with Crippen molar-refractivity contribution in [2.24, 2.45) is 0 Å². The molecule has 0 aromatic heterocycles. The van der Waals surface area contributed by atoms with Gasteiger partial charge < -0.3 is 9.64 Å². The summed E-state index contributed by atoms with van der Waals surface area (Å²) < 4.78 is 6.00.